The van der Waals surface area contributed by atoms with Crippen LogP contribution in [-0.4, -0.2) is 39.2 Å². The summed E-state index contributed by atoms with van der Waals surface area (Å²) in [5.74, 6) is -0.290. The molecular formula is C19H19N5O3. The minimum Gasteiger partial charge on any atom is -0.465 e. The second kappa shape index (κ2) is 7.77. The Bertz CT molecular complexity index is 981. The van der Waals surface area contributed by atoms with E-state index in [9.17, 15) is 9.59 Å². The Hall–Kier alpha value is -3.55. The number of carbonyl (C=O) groups excluding carboxylic acids is 2. The van der Waals surface area contributed by atoms with Crippen LogP contribution in [-0.2, 0) is 4.74 Å². The molecular weight excluding hydrogens is 346 g/mol. The first-order valence-corrected chi connectivity index (χ1v) is 8.38. The molecule has 0 saturated carbocycles. The van der Waals surface area contributed by atoms with E-state index < -0.39 is 5.97 Å². The van der Waals surface area contributed by atoms with Crippen molar-refractivity contribution in [3.8, 4) is 11.4 Å². The molecule has 0 aliphatic heterocycles. The summed E-state index contributed by atoms with van der Waals surface area (Å²) in [5.41, 5.74) is 1.81. The number of methoxy groups -OCH3 is 1. The lowest BCUT2D eigenvalue weighted by Crippen LogP contribution is -2.15. The number of aromatic nitrogens is 4. The van der Waals surface area contributed by atoms with Crippen LogP contribution in [0.5, 0.6) is 0 Å². The number of para-hydroxylation sites is 1. The largest absolute Gasteiger partial charge is 0.465 e. The minimum atomic E-state index is -0.518. The molecule has 0 spiro atoms. The van der Waals surface area contributed by atoms with Crippen molar-refractivity contribution in [2.45, 2.75) is 19.9 Å². The molecule has 1 N–H and O–H groups in total. The molecule has 3 rings (SSSR count). The van der Waals surface area contributed by atoms with Gasteiger partial charge in [-0.25, -0.2) is 9.48 Å². The van der Waals surface area contributed by atoms with E-state index in [-0.39, 0.29) is 17.5 Å². The van der Waals surface area contributed by atoms with Crippen molar-refractivity contribution in [2.24, 2.45) is 0 Å². The second-order valence-corrected chi connectivity index (χ2v) is 6.11. The number of benzene rings is 2. The molecule has 27 heavy (non-hydrogen) atoms. The molecule has 0 bridgehead atoms. The van der Waals surface area contributed by atoms with Crippen molar-refractivity contribution in [1.82, 2.24) is 20.2 Å². The van der Waals surface area contributed by atoms with Crippen molar-refractivity contribution in [2.75, 3.05) is 12.4 Å². The van der Waals surface area contributed by atoms with Crippen LogP contribution in [0.15, 0.2) is 48.5 Å². The van der Waals surface area contributed by atoms with E-state index >= 15 is 0 Å². The summed E-state index contributed by atoms with van der Waals surface area (Å²) in [6.45, 7) is 3.94. The maximum absolute atomic E-state index is 12.7. The van der Waals surface area contributed by atoms with Crippen LogP contribution >= 0.6 is 0 Å². The van der Waals surface area contributed by atoms with Gasteiger partial charge in [-0.1, -0.05) is 24.3 Å². The molecule has 2 aromatic carbocycles. The molecule has 0 unspecified atom stereocenters. The van der Waals surface area contributed by atoms with Crippen molar-refractivity contribution in [3.05, 3.63) is 59.7 Å². The average molecular weight is 365 g/mol. The van der Waals surface area contributed by atoms with Crippen molar-refractivity contribution in [1.29, 1.82) is 0 Å². The number of nitrogens with one attached hydrogen (secondary N) is 1. The maximum atomic E-state index is 12.7. The summed E-state index contributed by atoms with van der Waals surface area (Å²) < 4.78 is 6.44. The smallest absolute Gasteiger partial charge is 0.339 e. The number of rotatable bonds is 5. The van der Waals surface area contributed by atoms with E-state index in [1.54, 1.807) is 47.1 Å². The fourth-order valence-electron chi connectivity index (χ4n) is 2.61. The average Bonchev–Trinajstić information content (AvgIpc) is 3.18. The summed E-state index contributed by atoms with van der Waals surface area (Å²) in [4.78, 5) is 24.6. The van der Waals surface area contributed by atoms with Gasteiger partial charge in [-0.3, -0.25) is 4.79 Å². The van der Waals surface area contributed by atoms with Gasteiger partial charge >= 0.3 is 5.97 Å². The number of ether oxygens (including phenoxy) is 1. The molecule has 1 amide bonds. The Balaban J connectivity index is 1.89. The molecule has 8 heteroatoms. The fraction of sp³-hybridized carbons (Fsp3) is 0.211. The molecule has 0 atom stereocenters. The predicted octanol–water partition coefficient (Wildman–Crippen LogP) is 2.96. The van der Waals surface area contributed by atoms with Crippen molar-refractivity contribution >= 4 is 17.6 Å². The lowest BCUT2D eigenvalue weighted by atomic mass is 10.1. The molecule has 0 aliphatic carbocycles. The van der Waals surface area contributed by atoms with Gasteiger partial charge in [-0.15, -0.1) is 5.10 Å². The number of hydrogen-bond acceptors (Lipinski definition) is 6. The van der Waals surface area contributed by atoms with Crippen LogP contribution in [0.4, 0.5) is 5.69 Å². The van der Waals surface area contributed by atoms with E-state index in [0.29, 0.717) is 17.1 Å². The second-order valence-electron chi connectivity index (χ2n) is 6.11. The lowest BCUT2D eigenvalue weighted by Gasteiger charge is -2.11. The normalized spacial score (nSPS) is 10.7. The summed E-state index contributed by atoms with van der Waals surface area (Å²) in [5, 5.41) is 14.5. The van der Waals surface area contributed by atoms with E-state index in [4.69, 9.17) is 4.74 Å². The highest BCUT2D eigenvalue weighted by Gasteiger charge is 2.16. The summed E-state index contributed by atoms with van der Waals surface area (Å²) >= 11 is 0. The van der Waals surface area contributed by atoms with Gasteiger partial charge in [-0.05, 0) is 48.5 Å². The number of hydrogen-bond donors (Lipinski definition) is 1. The van der Waals surface area contributed by atoms with Crippen LogP contribution in [0.3, 0.4) is 0 Å². The van der Waals surface area contributed by atoms with E-state index in [1.807, 2.05) is 19.9 Å². The molecule has 0 fully saturated rings. The number of esters is 1. The van der Waals surface area contributed by atoms with Gasteiger partial charge in [0, 0.05) is 11.1 Å². The quantitative estimate of drug-likeness (QED) is 0.698. The van der Waals surface area contributed by atoms with Crippen LogP contribution in [0, 0.1) is 0 Å². The molecule has 0 aliphatic rings. The zero-order valence-electron chi connectivity index (χ0n) is 15.2. The highest BCUT2D eigenvalue weighted by atomic mass is 16.5. The van der Waals surface area contributed by atoms with Gasteiger partial charge in [0.15, 0.2) is 5.82 Å². The monoisotopic (exact) mass is 365 g/mol. The third-order valence-electron chi connectivity index (χ3n) is 3.95. The van der Waals surface area contributed by atoms with E-state index in [1.165, 1.54) is 7.11 Å². The van der Waals surface area contributed by atoms with E-state index in [0.717, 1.165) is 5.56 Å². The Morgan fingerprint density at radius 1 is 1.11 bits per heavy atom. The Kier molecular flexibility index (Phi) is 5.25. The van der Waals surface area contributed by atoms with Gasteiger partial charge in [0.25, 0.3) is 5.91 Å². The summed E-state index contributed by atoms with van der Waals surface area (Å²) in [6.07, 6.45) is 0. The Labute approximate surface area is 156 Å². The first-order chi connectivity index (χ1) is 13.0. The topological polar surface area (TPSA) is 99.0 Å². The number of nitrogens with zero attached hydrogens (tertiary/aromatic N) is 4. The maximum Gasteiger partial charge on any atom is 0.339 e. The highest BCUT2D eigenvalue weighted by Crippen LogP contribution is 2.22. The van der Waals surface area contributed by atoms with Crippen LogP contribution in [0.2, 0.25) is 0 Å². The first-order valence-electron chi connectivity index (χ1n) is 8.38. The third kappa shape index (κ3) is 3.84. The van der Waals surface area contributed by atoms with Crippen LogP contribution in [0.25, 0.3) is 11.4 Å². The molecule has 8 nitrogen and oxygen atoms in total. The van der Waals surface area contributed by atoms with Gasteiger partial charge in [0.1, 0.15) is 0 Å². The van der Waals surface area contributed by atoms with Gasteiger partial charge in [0.05, 0.1) is 24.4 Å². The zero-order chi connectivity index (χ0) is 19.4. The number of amides is 1. The van der Waals surface area contributed by atoms with Crippen molar-refractivity contribution in [3.63, 3.8) is 0 Å². The third-order valence-corrected chi connectivity index (χ3v) is 3.95. The SMILES string of the molecule is COC(=O)c1ccccc1NC(=O)c1cccc(-c2nnnn2C(C)C)c1. The number of tetrazole rings is 1. The van der Waals surface area contributed by atoms with Crippen LogP contribution < -0.4 is 5.32 Å². The zero-order valence-corrected chi connectivity index (χ0v) is 15.2. The Morgan fingerprint density at radius 2 is 1.89 bits per heavy atom. The molecule has 0 saturated heterocycles. The molecule has 0 radical (unpaired) electrons. The van der Waals surface area contributed by atoms with Gasteiger partial charge in [-0.2, -0.15) is 0 Å². The Morgan fingerprint density at radius 3 is 2.63 bits per heavy atom. The van der Waals surface area contributed by atoms with Crippen molar-refractivity contribution < 1.29 is 14.3 Å². The fourth-order valence-corrected chi connectivity index (χ4v) is 2.61. The first kappa shape index (κ1) is 18.2. The highest BCUT2D eigenvalue weighted by molar-refractivity contribution is 6.08. The van der Waals surface area contributed by atoms with Gasteiger partial charge < -0.3 is 10.1 Å². The predicted molar refractivity (Wildman–Crippen MR) is 99.4 cm³/mol. The standard InChI is InChI=1S/C19H19N5O3/c1-12(2)24-17(21-22-23-24)13-7-6-8-14(11-13)18(25)20-16-10-5-4-9-15(16)19(26)27-3/h4-12H,1-3H3,(H,20,25). The number of carbonyl (C=O) groups is 2. The lowest BCUT2D eigenvalue weighted by molar-refractivity contribution is 0.0602. The molecule has 1 heterocycles. The van der Waals surface area contributed by atoms with E-state index in [2.05, 4.69) is 20.8 Å². The molecule has 3 aromatic rings. The van der Waals surface area contributed by atoms with Gasteiger partial charge in [0.2, 0.25) is 0 Å². The number of anilines is 1. The summed E-state index contributed by atoms with van der Waals surface area (Å²) in [7, 11) is 1.29. The summed E-state index contributed by atoms with van der Waals surface area (Å²) in [6, 6.07) is 13.7. The van der Waals surface area contributed by atoms with Crippen LogP contribution in [0.1, 0.15) is 40.6 Å². The molecule has 138 valence electrons. The minimum absolute atomic E-state index is 0.0828. The molecule has 1 aromatic heterocycles.